The van der Waals surface area contributed by atoms with Gasteiger partial charge >= 0.3 is 0 Å². The Hall–Kier alpha value is -0.470. The van der Waals surface area contributed by atoms with Gasteiger partial charge in [-0.05, 0) is 37.6 Å². The van der Waals surface area contributed by atoms with Crippen LogP contribution in [0.5, 0.6) is 0 Å². The van der Waals surface area contributed by atoms with Crippen LogP contribution in [0.1, 0.15) is 32.3 Å². The third-order valence-corrected chi connectivity index (χ3v) is 4.02. The van der Waals surface area contributed by atoms with E-state index < -0.39 is 0 Å². The second-order valence-electron chi connectivity index (χ2n) is 3.73. The maximum Gasteiger partial charge on any atom is 0.0202 e. The van der Waals surface area contributed by atoms with Crippen LogP contribution in [0.25, 0.3) is 0 Å². The molecule has 0 aromatic heterocycles. The van der Waals surface area contributed by atoms with Crippen molar-refractivity contribution >= 4 is 11.8 Å². The van der Waals surface area contributed by atoms with E-state index in [9.17, 15) is 0 Å². The molecule has 0 atom stereocenters. The molecule has 0 fully saturated rings. The Bertz CT molecular complexity index is 282. The summed E-state index contributed by atoms with van der Waals surface area (Å²) in [7, 11) is 1.99. The van der Waals surface area contributed by atoms with Crippen LogP contribution in [-0.2, 0) is 6.54 Å². The number of rotatable bonds is 6. The summed E-state index contributed by atoms with van der Waals surface area (Å²) >= 11 is 2.00. The molecule has 0 heterocycles. The normalized spacial score (nSPS) is 10.9. The van der Waals surface area contributed by atoms with Crippen molar-refractivity contribution in [1.29, 1.82) is 0 Å². The molecular weight excluding hydrogens is 202 g/mol. The fraction of sp³-hybridized carbons (Fsp3) is 0.538. The highest BCUT2D eigenvalue weighted by Crippen LogP contribution is 2.27. The van der Waals surface area contributed by atoms with E-state index in [2.05, 4.69) is 43.4 Å². The summed E-state index contributed by atoms with van der Waals surface area (Å²) in [4.78, 5) is 1.40. The van der Waals surface area contributed by atoms with Gasteiger partial charge in [0, 0.05) is 16.7 Å². The second-order valence-corrected chi connectivity index (χ2v) is 5.11. The second kappa shape index (κ2) is 6.91. The number of thioether (sulfide) groups is 1. The van der Waals surface area contributed by atoms with Gasteiger partial charge in [-0.2, -0.15) is 0 Å². The molecule has 0 aliphatic carbocycles. The zero-order valence-corrected chi connectivity index (χ0v) is 10.7. The molecule has 0 aliphatic heterocycles. The Labute approximate surface area is 97.7 Å². The number of benzene rings is 1. The van der Waals surface area contributed by atoms with E-state index in [0.717, 1.165) is 11.8 Å². The molecule has 0 unspecified atom stereocenters. The summed E-state index contributed by atoms with van der Waals surface area (Å²) in [5.41, 5.74) is 1.37. The first-order chi connectivity index (χ1) is 7.30. The summed E-state index contributed by atoms with van der Waals surface area (Å²) in [5.74, 6) is 0. The summed E-state index contributed by atoms with van der Waals surface area (Å²) in [6, 6.07) is 8.83. The maximum atomic E-state index is 3.18. The number of hydrogen-bond acceptors (Lipinski definition) is 2. The fourth-order valence-corrected chi connectivity index (χ4v) is 2.68. The SMILES string of the molecule is CCC(CC)Sc1cccc(CNC)c1. The predicted molar refractivity (Wildman–Crippen MR) is 69.4 cm³/mol. The first kappa shape index (κ1) is 12.6. The minimum Gasteiger partial charge on any atom is -0.316 e. The molecular formula is C13H21NS. The van der Waals surface area contributed by atoms with Crippen molar-refractivity contribution in [1.82, 2.24) is 5.32 Å². The van der Waals surface area contributed by atoms with Gasteiger partial charge < -0.3 is 5.32 Å². The lowest BCUT2D eigenvalue weighted by Crippen LogP contribution is -2.05. The van der Waals surface area contributed by atoms with Gasteiger partial charge in [-0.15, -0.1) is 11.8 Å². The monoisotopic (exact) mass is 223 g/mol. The van der Waals surface area contributed by atoms with Gasteiger partial charge in [-0.3, -0.25) is 0 Å². The van der Waals surface area contributed by atoms with E-state index in [4.69, 9.17) is 0 Å². The van der Waals surface area contributed by atoms with E-state index in [0.29, 0.717) is 0 Å². The minimum atomic E-state index is 0.759. The molecule has 0 bridgehead atoms. The predicted octanol–water partition coefficient (Wildman–Crippen LogP) is 3.69. The molecule has 0 amide bonds. The van der Waals surface area contributed by atoms with Crippen LogP contribution in [0.3, 0.4) is 0 Å². The lowest BCUT2D eigenvalue weighted by atomic mass is 10.2. The van der Waals surface area contributed by atoms with Gasteiger partial charge in [0.1, 0.15) is 0 Å². The molecule has 0 saturated heterocycles. The van der Waals surface area contributed by atoms with Crippen LogP contribution in [-0.4, -0.2) is 12.3 Å². The largest absolute Gasteiger partial charge is 0.316 e. The smallest absolute Gasteiger partial charge is 0.0202 e. The van der Waals surface area contributed by atoms with Gasteiger partial charge in [-0.1, -0.05) is 26.0 Å². The topological polar surface area (TPSA) is 12.0 Å². The minimum absolute atomic E-state index is 0.759. The third-order valence-electron chi connectivity index (χ3n) is 2.49. The molecule has 0 aliphatic rings. The highest BCUT2D eigenvalue weighted by molar-refractivity contribution is 8.00. The Balaban J connectivity index is 2.64. The van der Waals surface area contributed by atoms with Crippen LogP contribution >= 0.6 is 11.8 Å². The van der Waals surface area contributed by atoms with E-state index in [-0.39, 0.29) is 0 Å². The Kier molecular flexibility index (Phi) is 5.81. The van der Waals surface area contributed by atoms with Crippen LogP contribution in [0.15, 0.2) is 29.2 Å². The Morgan fingerprint density at radius 2 is 2.00 bits per heavy atom. The van der Waals surface area contributed by atoms with Crippen LogP contribution in [0, 0.1) is 0 Å². The van der Waals surface area contributed by atoms with Crippen molar-refractivity contribution in [3.8, 4) is 0 Å². The highest BCUT2D eigenvalue weighted by Gasteiger charge is 2.05. The lowest BCUT2D eigenvalue weighted by Gasteiger charge is -2.12. The van der Waals surface area contributed by atoms with Gasteiger partial charge in [0.05, 0.1) is 0 Å². The van der Waals surface area contributed by atoms with Crippen molar-refractivity contribution in [2.75, 3.05) is 7.05 Å². The van der Waals surface area contributed by atoms with Crippen LogP contribution < -0.4 is 5.32 Å². The molecule has 0 radical (unpaired) electrons. The van der Waals surface area contributed by atoms with Gasteiger partial charge in [0.15, 0.2) is 0 Å². The van der Waals surface area contributed by atoms with Gasteiger partial charge in [0.25, 0.3) is 0 Å². The Morgan fingerprint density at radius 1 is 1.27 bits per heavy atom. The zero-order valence-electron chi connectivity index (χ0n) is 9.92. The van der Waals surface area contributed by atoms with Crippen molar-refractivity contribution in [3.63, 3.8) is 0 Å². The summed E-state index contributed by atoms with van der Waals surface area (Å²) in [5, 5.41) is 3.94. The molecule has 0 spiro atoms. The molecule has 2 heteroatoms. The van der Waals surface area contributed by atoms with E-state index >= 15 is 0 Å². The molecule has 1 N–H and O–H groups in total. The fourth-order valence-electron chi connectivity index (χ4n) is 1.58. The van der Waals surface area contributed by atoms with E-state index in [1.165, 1.54) is 23.3 Å². The molecule has 0 saturated carbocycles. The van der Waals surface area contributed by atoms with Crippen molar-refractivity contribution in [2.45, 2.75) is 43.4 Å². The molecule has 84 valence electrons. The maximum absolute atomic E-state index is 3.18. The van der Waals surface area contributed by atoms with Gasteiger partial charge in [-0.25, -0.2) is 0 Å². The number of hydrogen-bond donors (Lipinski definition) is 1. The van der Waals surface area contributed by atoms with E-state index in [1.54, 1.807) is 0 Å². The van der Waals surface area contributed by atoms with Crippen LogP contribution in [0.2, 0.25) is 0 Å². The molecule has 1 aromatic rings. The molecule has 1 rings (SSSR count). The standard InChI is InChI=1S/C13H21NS/c1-4-12(5-2)15-13-8-6-7-11(9-13)10-14-3/h6-9,12,14H,4-5,10H2,1-3H3. The zero-order chi connectivity index (χ0) is 11.1. The third kappa shape index (κ3) is 4.27. The van der Waals surface area contributed by atoms with Gasteiger partial charge in [0.2, 0.25) is 0 Å². The van der Waals surface area contributed by atoms with Crippen LogP contribution in [0.4, 0.5) is 0 Å². The van der Waals surface area contributed by atoms with Crippen molar-refractivity contribution in [2.24, 2.45) is 0 Å². The molecule has 1 nitrogen and oxygen atoms in total. The lowest BCUT2D eigenvalue weighted by molar-refractivity contribution is 0.791. The summed E-state index contributed by atoms with van der Waals surface area (Å²) < 4.78 is 0. The number of nitrogens with one attached hydrogen (secondary N) is 1. The average Bonchev–Trinajstić information content (AvgIpc) is 2.27. The average molecular weight is 223 g/mol. The molecule has 1 aromatic carbocycles. The van der Waals surface area contributed by atoms with Crippen molar-refractivity contribution in [3.05, 3.63) is 29.8 Å². The summed E-state index contributed by atoms with van der Waals surface area (Å²) in [6.07, 6.45) is 2.49. The first-order valence-corrected chi connectivity index (χ1v) is 6.58. The Morgan fingerprint density at radius 3 is 2.60 bits per heavy atom. The van der Waals surface area contributed by atoms with E-state index in [1.807, 2.05) is 18.8 Å². The highest BCUT2D eigenvalue weighted by atomic mass is 32.2. The quantitative estimate of drug-likeness (QED) is 0.738. The molecule has 15 heavy (non-hydrogen) atoms. The van der Waals surface area contributed by atoms with Crippen molar-refractivity contribution < 1.29 is 0 Å². The summed E-state index contributed by atoms with van der Waals surface area (Å²) in [6.45, 7) is 5.48. The first-order valence-electron chi connectivity index (χ1n) is 5.70.